The predicted octanol–water partition coefficient (Wildman–Crippen LogP) is 2.02. The van der Waals surface area contributed by atoms with Crippen molar-refractivity contribution in [3.05, 3.63) is 36.5 Å². The van der Waals surface area contributed by atoms with Crippen LogP contribution in [0.3, 0.4) is 0 Å². The first-order chi connectivity index (χ1) is 10.6. The van der Waals surface area contributed by atoms with E-state index in [0.717, 1.165) is 17.3 Å². The first-order valence-corrected chi connectivity index (χ1v) is 7.28. The summed E-state index contributed by atoms with van der Waals surface area (Å²) in [6.45, 7) is 0. The van der Waals surface area contributed by atoms with Crippen LogP contribution >= 0.6 is 0 Å². The minimum Gasteiger partial charge on any atom is -0.481 e. The summed E-state index contributed by atoms with van der Waals surface area (Å²) in [5, 5.41) is 20.0. The van der Waals surface area contributed by atoms with Gasteiger partial charge in [-0.3, -0.25) is 14.7 Å². The molecule has 0 aliphatic heterocycles. The molecule has 0 radical (unpaired) electrons. The van der Waals surface area contributed by atoms with Crippen molar-refractivity contribution >= 4 is 28.5 Å². The van der Waals surface area contributed by atoms with E-state index in [9.17, 15) is 14.7 Å². The number of hydrogen-bond donors (Lipinski definition) is 3. The Kier molecular flexibility index (Phi) is 2.79. The van der Waals surface area contributed by atoms with Crippen molar-refractivity contribution in [3.63, 3.8) is 0 Å². The number of anilines is 1. The molecular weight excluding hydrogens is 282 g/mol. The lowest BCUT2D eigenvalue weighted by Crippen LogP contribution is -2.36. The molecule has 2 bridgehead atoms. The number of aromatic amines is 1. The Labute approximate surface area is 126 Å². The number of aromatic nitrogens is 2. The van der Waals surface area contributed by atoms with Crippen LogP contribution in [0.4, 0.5) is 5.69 Å². The zero-order valence-corrected chi connectivity index (χ0v) is 11.7. The van der Waals surface area contributed by atoms with Crippen molar-refractivity contribution in [2.45, 2.75) is 6.42 Å². The molecule has 22 heavy (non-hydrogen) atoms. The van der Waals surface area contributed by atoms with Gasteiger partial charge in [0, 0.05) is 11.1 Å². The summed E-state index contributed by atoms with van der Waals surface area (Å²) < 4.78 is 0. The van der Waals surface area contributed by atoms with Gasteiger partial charge in [0.2, 0.25) is 5.91 Å². The van der Waals surface area contributed by atoms with Crippen LogP contribution in [0.25, 0.3) is 10.9 Å². The second-order valence-electron chi connectivity index (χ2n) is 6.00. The summed E-state index contributed by atoms with van der Waals surface area (Å²) >= 11 is 0. The fraction of sp³-hybridized carbons (Fsp3) is 0.312. The van der Waals surface area contributed by atoms with E-state index in [1.54, 1.807) is 18.3 Å². The highest BCUT2D eigenvalue weighted by atomic mass is 16.4. The van der Waals surface area contributed by atoms with Gasteiger partial charge in [-0.25, -0.2) is 0 Å². The van der Waals surface area contributed by atoms with Crippen LogP contribution in [0.1, 0.15) is 6.42 Å². The van der Waals surface area contributed by atoms with Crippen molar-refractivity contribution in [3.8, 4) is 0 Å². The quantitative estimate of drug-likeness (QED) is 0.755. The van der Waals surface area contributed by atoms with Crippen molar-refractivity contribution in [2.75, 3.05) is 5.32 Å². The Bertz CT molecular complexity index is 795. The molecular formula is C16H15N3O3. The smallest absolute Gasteiger partial charge is 0.307 e. The standard InChI is InChI=1S/C16H15N3O3/c20-15(13-8-1-2-9(5-8)14(13)16(21)22)18-11-4-3-10-7-17-19-12(10)6-11/h1-4,6-9,13-14H,5H2,(H,17,19)(H,18,20)(H,21,22)/t8-,9-,13+,14-/m0/s1. The molecule has 2 aromatic rings. The third kappa shape index (κ3) is 1.91. The van der Waals surface area contributed by atoms with Crippen molar-refractivity contribution in [1.29, 1.82) is 0 Å². The minimum atomic E-state index is -0.888. The number of nitrogens with zero attached hydrogens (tertiary/aromatic N) is 1. The molecule has 0 saturated heterocycles. The van der Waals surface area contributed by atoms with Crippen molar-refractivity contribution in [2.24, 2.45) is 23.7 Å². The monoisotopic (exact) mass is 297 g/mol. The Morgan fingerprint density at radius 2 is 2.00 bits per heavy atom. The Morgan fingerprint density at radius 1 is 1.23 bits per heavy atom. The summed E-state index contributed by atoms with van der Waals surface area (Å²) in [7, 11) is 0. The summed E-state index contributed by atoms with van der Waals surface area (Å²) in [4.78, 5) is 24.0. The number of amides is 1. The fourth-order valence-corrected chi connectivity index (χ4v) is 3.76. The van der Waals surface area contributed by atoms with Crippen LogP contribution < -0.4 is 5.32 Å². The number of rotatable bonds is 3. The molecule has 4 rings (SSSR count). The predicted molar refractivity (Wildman–Crippen MR) is 80.1 cm³/mol. The SMILES string of the molecule is O=C(O)[C@@H]1[C@H](C(=O)Nc2ccc3cn[nH]c3c2)[C@H]2C=C[C@H]1C2. The number of aliphatic carboxylic acids is 1. The van der Waals surface area contributed by atoms with Crippen LogP contribution in [-0.2, 0) is 9.59 Å². The third-order valence-electron chi connectivity index (χ3n) is 4.76. The molecule has 112 valence electrons. The maximum Gasteiger partial charge on any atom is 0.307 e. The molecule has 1 heterocycles. The second kappa shape index (κ2) is 4.69. The van der Waals surface area contributed by atoms with Gasteiger partial charge < -0.3 is 10.4 Å². The number of fused-ring (bicyclic) bond motifs is 3. The van der Waals surface area contributed by atoms with Gasteiger partial charge in [-0.1, -0.05) is 12.2 Å². The van der Waals surface area contributed by atoms with Crippen LogP contribution in [0.2, 0.25) is 0 Å². The third-order valence-corrected chi connectivity index (χ3v) is 4.76. The molecule has 6 nitrogen and oxygen atoms in total. The average molecular weight is 297 g/mol. The van der Waals surface area contributed by atoms with E-state index >= 15 is 0 Å². The highest BCUT2D eigenvalue weighted by Gasteiger charge is 2.51. The molecule has 1 saturated carbocycles. The molecule has 4 atom stereocenters. The van der Waals surface area contributed by atoms with Crippen molar-refractivity contribution < 1.29 is 14.7 Å². The number of carbonyl (C=O) groups is 2. The lowest BCUT2D eigenvalue weighted by molar-refractivity contribution is -0.146. The van der Waals surface area contributed by atoms with Crippen LogP contribution in [0.15, 0.2) is 36.5 Å². The van der Waals surface area contributed by atoms with Gasteiger partial charge in [0.1, 0.15) is 0 Å². The second-order valence-corrected chi connectivity index (χ2v) is 6.00. The van der Waals surface area contributed by atoms with E-state index in [-0.39, 0.29) is 17.7 Å². The molecule has 1 fully saturated rings. The first kappa shape index (κ1) is 13.1. The Hall–Kier alpha value is -2.63. The summed E-state index contributed by atoms with van der Waals surface area (Å²) in [6.07, 6.45) is 6.38. The maximum atomic E-state index is 12.6. The zero-order chi connectivity index (χ0) is 15.3. The number of allylic oxidation sites excluding steroid dienone is 2. The van der Waals surface area contributed by atoms with Gasteiger partial charge in [0.05, 0.1) is 23.5 Å². The van der Waals surface area contributed by atoms with Crippen LogP contribution in [0.5, 0.6) is 0 Å². The molecule has 6 heteroatoms. The van der Waals surface area contributed by atoms with Gasteiger partial charge in [-0.2, -0.15) is 5.10 Å². The highest BCUT2D eigenvalue weighted by molar-refractivity contribution is 5.97. The maximum absolute atomic E-state index is 12.6. The first-order valence-electron chi connectivity index (χ1n) is 7.28. The minimum absolute atomic E-state index is 0.0201. The van der Waals surface area contributed by atoms with Crippen LogP contribution in [0, 0.1) is 23.7 Å². The van der Waals surface area contributed by atoms with E-state index in [1.807, 2.05) is 18.2 Å². The van der Waals surface area contributed by atoms with E-state index in [2.05, 4.69) is 15.5 Å². The van der Waals surface area contributed by atoms with Crippen LogP contribution in [-0.4, -0.2) is 27.2 Å². The zero-order valence-electron chi connectivity index (χ0n) is 11.7. The van der Waals surface area contributed by atoms with E-state index in [0.29, 0.717) is 5.69 Å². The van der Waals surface area contributed by atoms with E-state index < -0.39 is 17.8 Å². The molecule has 1 aromatic carbocycles. The number of H-pyrrole nitrogens is 1. The number of carboxylic acids is 1. The van der Waals surface area contributed by atoms with Gasteiger partial charge in [-0.15, -0.1) is 0 Å². The number of carbonyl (C=O) groups excluding carboxylic acids is 1. The number of nitrogens with one attached hydrogen (secondary N) is 2. The van der Waals surface area contributed by atoms with E-state index in [1.165, 1.54) is 0 Å². The summed E-state index contributed by atoms with van der Waals surface area (Å²) in [5.41, 5.74) is 1.48. The molecule has 0 unspecified atom stereocenters. The largest absolute Gasteiger partial charge is 0.481 e. The molecule has 1 aromatic heterocycles. The topological polar surface area (TPSA) is 95.1 Å². The lowest BCUT2D eigenvalue weighted by atomic mass is 9.82. The number of benzene rings is 1. The average Bonchev–Trinajstić information content (AvgIpc) is 3.20. The van der Waals surface area contributed by atoms with Crippen molar-refractivity contribution in [1.82, 2.24) is 10.2 Å². The number of hydrogen-bond acceptors (Lipinski definition) is 3. The Balaban J connectivity index is 1.58. The normalized spacial score (nSPS) is 29.1. The highest BCUT2D eigenvalue weighted by Crippen LogP contribution is 2.48. The van der Waals surface area contributed by atoms with Gasteiger partial charge in [0.15, 0.2) is 0 Å². The molecule has 2 aliphatic carbocycles. The van der Waals surface area contributed by atoms with Gasteiger partial charge >= 0.3 is 5.97 Å². The molecule has 0 spiro atoms. The number of carboxylic acid groups (broad SMARTS) is 1. The summed E-state index contributed by atoms with van der Waals surface area (Å²) in [6, 6.07) is 5.47. The summed E-state index contributed by atoms with van der Waals surface area (Å²) in [5.74, 6) is -2.21. The molecule has 2 aliphatic rings. The fourth-order valence-electron chi connectivity index (χ4n) is 3.76. The van der Waals surface area contributed by atoms with E-state index in [4.69, 9.17) is 0 Å². The molecule has 3 N–H and O–H groups in total. The van der Waals surface area contributed by atoms with Gasteiger partial charge in [0.25, 0.3) is 0 Å². The Morgan fingerprint density at radius 3 is 2.77 bits per heavy atom. The van der Waals surface area contributed by atoms with Gasteiger partial charge in [-0.05, 0) is 36.5 Å². The molecule has 1 amide bonds. The lowest BCUT2D eigenvalue weighted by Gasteiger charge is -2.23.